The van der Waals surface area contributed by atoms with E-state index in [0.717, 1.165) is 5.56 Å². The Morgan fingerprint density at radius 1 is 1.33 bits per heavy atom. The molecule has 0 spiro atoms. The molecule has 1 heterocycles. The molecule has 1 atom stereocenters. The van der Waals surface area contributed by atoms with E-state index in [9.17, 15) is 14.7 Å². The standard InChI is InChI=1S/C16H22N2O3/c1-16(2,3)10-17(4)15(21)18-12-8-6-5-7-11(12)9-13(18)14(19)20/h5-8,13H,9-10H2,1-4H3,(H,19,20). The van der Waals surface area contributed by atoms with Gasteiger partial charge in [0.15, 0.2) is 0 Å². The monoisotopic (exact) mass is 290 g/mol. The normalized spacial score (nSPS) is 17.5. The summed E-state index contributed by atoms with van der Waals surface area (Å²) in [4.78, 5) is 27.2. The average molecular weight is 290 g/mol. The van der Waals surface area contributed by atoms with Crippen LogP contribution >= 0.6 is 0 Å². The molecule has 114 valence electrons. The van der Waals surface area contributed by atoms with Gasteiger partial charge < -0.3 is 10.0 Å². The van der Waals surface area contributed by atoms with Crippen LogP contribution in [0.1, 0.15) is 26.3 Å². The second-order valence-corrected chi connectivity index (χ2v) is 6.76. The van der Waals surface area contributed by atoms with Crippen LogP contribution in [0.5, 0.6) is 0 Å². The highest BCUT2D eigenvalue weighted by Crippen LogP contribution is 2.33. The van der Waals surface area contributed by atoms with Gasteiger partial charge in [-0.2, -0.15) is 0 Å². The number of fused-ring (bicyclic) bond motifs is 1. The lowest BCUT2D eigenvalue weighted by Gasteiger charge is -2.32. The SMILES string of the molecule is CN(CC(C)(C)C)C(=O)N1c2ccccc2CC1C(=O)O. The third-order valence-electron chi connectivity index (χ3n) is 3.51. The van der Waals surface area contributed by atoms with Crippen LogP contribution < -0.4 is 4.90 Å². The third-order valence-corrected chi connectivity index (χ3v) is 3.51. The van der Waals surface area contributed by atoms with Crippen molar-refractivity contribution >= 4 is 17.7 Å². The molecule has 1 aromatic rings. The minimum Gasteiger partial charge on any atom is -0.480 e. The molecule has 5 nitrogen and oxygen atoms in total. The second-order valence-electron chi connectivity index (χ2n) is 6.76. The topological polar surface area (TPSA) is 60.9 Å². The van der Waals surface area contributed by atoms with Gasteiger partial charge in [0.2, 0.25) is 0 Å². The average Bonchev–Trinajstić information content (AvgIpc) is 2.75. The molecule has 0 bridgehead atoms. The number of hydrogen-bond acceptors (Lipinski definition) is 2. The Morgan fingerprint density at radius 2 is 1.95 bits per heavy atom. The van der Waals surface area contributed by atoms with Gasteiger partial charge in [0.1, 0.15) is 6.04 Å². The number of aliphatic carboxylic acids is 1. The number of para-hydroxylation sites is 1. The van der Waals surface area contributed by atoms with Crippen LogP contribution in [0, 0.1) is 5.41 Å². The van der Waals surface area contributed by atoms with Crippen LogP contribution in [0.4, 0.5) is 10.5 Å². The predicted molar refractivity (Wildman–Crippen MR) is 81.5 cm³/mol. The summed E-state index contributed by atoms with van der Waals surface area (Å²) in [6.07, 6.45) is 0.362. The van der Waals surface area contributed by atoms with E-state index in [4.69, 9.17) is 0 Å². The molecule has 1 N–H and O–H groups in total. The van der Waals surface area contributed by atoms with E-state index in [1.54, 1.807) is 18.0 Å². The smallest absolute Gasteiger partial charge is 0.327 e. The molecule has 1 aliphatic rings. The number of nitrogens with zero attached hydrogens (tertiary/aromatic N) is 2. The summed E-state index contributed by atoms with van der Waals surface area (Å²) in [5, 5.41) is 9.41. The molecule has 5 heteroatoms. The van der Waals surface area contributed by atoms with Gasteiger partial charge in [-0.05, 0) is 17.0 Å². The molecule has 1 aliphatic heterocycles. The number of urea groups is 1. The quantitative estimate of drug-likeness (QED) is 0.910. The van der Waals surface area contributed by atoms with Gasteiger partial charge in [-0.3, -0.25) is 4.90 Å². The van der Waals surface area contributed by atoms with E-state index in [-0.39, 0.29) is 11.4 Å². The highest BCUT2D eigenvalue weighted by atomic mass is 16.4. The van der Waals surface area contributed by atoms with Gasteiger partial charge in [-0.25, -0.2) is 9.59 Å². The Kier molecular flexibility index (Phi) is 3.94. The van der Waals surface area contributed by atoms with Crippen molar-refractivity contribution in [3.05, 3.63) is 29.8 Å². The Bertz CT molecular complexity index is 563. The van der Waals surface area contributed by atoms with Crippen molar-refractivity contribution in [1.82, 2.24) is 4.90 Å². The number of amides is 2. The van der Waals surface area contributed by atoms with Crippen LogP contribution in [0.15, 0.2) is 24.3 Å². The van der Waals surface area contributed by atoms with Gasteiger partial charge in [0.25, 0.3) is 0 Å². The van der Waals surface area contributed by atoms with Crippen molar-refractivity contribution in [1.29, 1.82) is 0 Å². The molecule has 0 saturated carbocycles. The van der Waals surface area contributed by atoms with E-state index < -0.39 is 12.0 Å². The number of rotatable bonds is 2. The Hall–Kier alpha value is -2.04. The highest BCUT2D eigenvalue weighted by Gasteiger charge is 2.39. The first-order valence-electron chi connectivity index (χ1n) is 7.06. The zero-order chi connectivity index (χ0) is 15.8. The zero-order valence-corrected chi connectivity index (χ0v) is 13.0. The zero-order valence-electron chi connectivity index (χ0n) is 13.0. The maximum absolute atomic E-state index is 12.7. The fraction of sp³-hybridized carbons (Fsp3) is 0.500. The minimum atomic E-state index is -0.969. The molecule has 1 unspecified atom stereocenters. The second kappa shape index (κ2) is 5.39. The molecule has 0 radical (unpaired) electrons. The molecule has 2 amide bonds. The van der Waals surface area contributed by atoms with Gasteiger partial charge in [0, 0.05) is 25.7 Å². The van der Waals surface area contributed by atoms with Crippen LogP contribution in [-0.4, -0.2) is 41.6 Å². The lowest BCUT2D eigenvalue weighted by molar-refractivity contribution is -0.138. The number of carboxylic acid groups (broad SMARTS) is 1. The summed E-state index contributed by atoms with van der Waals surface area (Å²) in [6, 6.07) is 6.29. The molecule has 0 fully saturated rings. The Labute approximate surface area is 125 Å². The van der Waals surface area contributed by atoms with Crippen LogP contribution in [0.3, 0.4) is 0 Å². The first-order chi connectivity index (χ1) is 9.70. The molecule has 0 aliphatic carbocycles. The summed E-state index contributed by atoms with van der Waals surface area (Å²) in [5.41, 5.74) is 1.57. The van der Waals surface area contributed by atoms with Crippen LogP contribution in [0.25, 0.3) is 0 Å². The third kappa shape index (κ3) is 3.17. The molecule has 0 aromatic heterocycles. The summed E-state index contributed by atoms with van der Waals surface area (Å²) in [7, 11) is 1.72. The summed E-state index contributed by atoms with van der Waals surface area (Å²) < 4.78 is 0. The minimum absolute atomic E-state index is 0.0393. The molecular weight excluding hydrogens is 268 g/mol. The van der Waals surface area contributed by atoms with Gasteiger partial charge in [0.05, 0.1) is 0 Å². The molecular formula is C16H22N2O3. The highest BCUT2D eigenvalue weighted by molar-refractivity contribution is 6.00. The van der Waals surface area contributed by atoms with E-state index in [2.05, 4.69) is 0 Å². The largest absolute Gasteiger partial charge is 0.480 e. The maximum atomic E-state index is 12.7. The Morgan fingerprint density at radius 3 is 2.52 bits per heavy atom. The van der Waals surface area contributed by atoms with Crippen molar-refractivity contribution in [3.63, 3.8) is 0 Å². The molecule has 21 heavy (non-hydrogen) atoms. The van der Waals surface area contributed by atoms with Crippen LogP contribution in [0.2, 0.25) is 0 Å². The molecule has 0 saturated heterocycles. The van der Waals surface area contributed by atoms with Gasteiger partial charge in [-0.15, -0.1) is 0 Å². The predicted octanol–water partition coefficient (Wildman–Crippen LogP) is 2.60. The summed E-state index contributed by atoms with van der Waals surface area (Å²) >= 11 is 0. The first-order valence-corrected chi connectivity index (χ1v) is 7.06. The number of anilines is 1. The van der Waals surface area contributed by atoms with E-state index >= 15 is 0 Å². The number of hydrogen-bond donors (Lipinski definition) is 1. The number of benzene rings is 1. The van der Waals surface area contributed by atoms with Gasteiger partial charge in [-0.1, -0.05) is 39.0 Å². The van der Waals surface area contributed by atoms with E-state index in [0.29, 0.717) is 18.7 Å². The van der Waals surface area contributed by atoms with Crippen molar-refractivity contribution in [2.24, 2.45) is 5.41 Å². The molecule has 2 rings (SSSR count). The fourth-order valence-electron chi connectivity index (χ4n) is 2.78. The fourth-order valence-corrected chi connectivity index (χ4v) is 2.78. The number of carbonyl (C=O) groups excluding carboxylic acids is 1. The van der Waals surface area contributed by atoms with Crippen molar-refractivity contribution in [2.45, 2.75) is 33.2 Å². The number of carboxylic acids is 1. The lowest BCUT2D eigenvalue weighted by atomic mass is 9.96. The van der Waals surface area contributed by atoms with Crippen LogP contribution in [-0.2, 0) is 11.2 Å². The maximum Gasteiger partial charge on any atom is 0.327 e. The van der Waals surface area contributed by atoms with Crippen molar-refractivity contribution in [2.75, 3.05) is 18.5 Å². The summed E-state index contributed by atoms with van der Waals surface area (Å²) in [5.74, 6) is -0.969. The van der Waals surface area contributed by atoms with Crippen molar-refractivity contribution in [3.8, 4) is 0 Å². The van der Waals surface area contributed by atoms with E-state index in [1.165, 1.54) is 4.90 Å². The lowest BCUT2D eigenvalue weighted by Crippen LogP contribution is -2.50. The van der Waals surface area contributed by atoms with E-state index in [1.807, 2.05) is 39.0 Å². The Balaban J connectivity index is 2.30. The van der Waals surface area contributed by atoms with Gasteiger partial charge >= 0.3 is 12.0 Å². The molecule has 1 aromatic carbocycles. The first kappa shape index (κ1) is 15.4. The number of carbonyl (C=O) groups is 2. The van der Waals surface area contributed by atoms with Crippen molar-refractivity contribution < 1.29 is 14.7 Å². The summed E-state index contributed by atoms with van der Waals surface area (Å²) in [6.45, 7) is 6.70.